The van der Waals surface area contributed by atoms with Crippen molar-refractivity contribution in [3.63, 3.8) is 0 Å². The Kier molecular flexibility index (Phi) is 2.19. The van der Waals surface area contributed by atoms with Crippen molar-refractivity contribution in [3.8, 4) is 0 Å². The van der Waals surface area contributed by atoms with Gasteiger partial charge < -0.3 is 5.32 Å². The first-order chi connectivity index (χ1) is 4.96. The molecule has 0 aromatic carbocycles. The lowest BCUT2D eigenvalue weighted by atomic mass is 10.4. The number of nitrogens with one attached hydrogen (secondary N) is 1. The Balaban J connectivity index is 2.81. The van der Waals surface area contributed by atoms with Gasteiger partial charge in [0.05, 0.1) is 7.05 Å². The van der Waals surface area contributed by atoms with Crippen LogP contribution in [0.25, 0.3) is 0 Å². The molecule has 0 saturated carbocycles. The molecule has 0 spiro atoms. The van der Waals surface area contributed by atoms with Crippen molar-refractivity contribution in [1.29, 1.82) is 0 Å². The molecule has 5 nitrogen and oxygen atoms in total. The first-order valence-corrected chi connectivity index (χ1v) is 5.04. The summed E-state index contributed by atoms with van der Waals surface area (Å²) in [6, 6.07) is 0. The third kappa shape index (κ3) is 1.70. The van der Waals surface area contributed by atoms with E-state index in [0.29, 0.717) is 26.2 Å². The standard InChI is InChI=1S/C5H14N3O2S/c1-8(11(6,9)10)4-2-7-3-5-8/h7H,2-5H2,1H3,(H2,6,9,10)/q+1. The minimum absolute atomic E-state index is 0.0417. The highest BCUT2D eigenvalue weighted by Crippen LogP contribution is 2.08. The second-order valence-electron chi connectivity index (χ2n) is 3.01. The summed E-state index contributed by atoms with van der Waals surface area (Å²) in [6.45, 7) is 2.54. The van der Waals surface area contributed by atoms with Crippen LogP contribution in [0.2, 0.25) is 0 Å². The molecule has 1 aliphatic rings. The molecule has 11 heavy (non-hydrogen) atoms. The van der Waals surface area contributed by atoms with E-state index in [1.54, 1.807) is 7.05 Å². The van der Waals surface area contributed by atoms with Crippen molar-refractivity contribution in [3.05, 3.63) is 0 Å². The lowest BCUT2D eigenvalue weighted by Crippen LogP contribution is -2.61. The Morgan fingerprint density at radius 2 is 1.82 bits per heavy atom. The normalized spacial score (nSPS) is 24.9. The van der Waals surface area contributed by atoms with Gasteiger partial charge in [-0.1, -0.05) is 0 Å². The molecule has 6 heteroatoms. The fourth-order valence-corrected chi connectivity index (χ4v) is 1.81. The van der Waals surface area contributed by atoms with Crippen molar-refractivity contribution < 1.29 is 12.3 Å². The van der Waals surface area contributed by atoms with E-state index in [4.69, 9.17) is 5.14 Å². The number of quaternary nitrogens is 1. The lowest BCUT2D eigenvalue weighted by molar-refractivity contribution is -0.787. The van der Waals surface area contributed by atoms with Gasteiger partial charge in [0.1, 0.15) is 13.1 Å². The summed E-state index contributed by atoms with van der Waals surface area (Å²) in [6.07, 6.45) is 0. The zero-order chi connectivity index (χ0) is 8.54. The molecule has 1 saturated heterocycles. The van der Waals surface area contributed by atoms with E-state index in [-0.39, 0.29) is 3.89 Å². The number of hydrogen-bond acceptors (Lipinski definition) is 3. The van der Waals surface area contributed by atoms with Gasteiger partial charge in [0.15, 0.2) is 0 Å². The molecule has 0 aromatic rings. The van der Waals surface area contributed by atoms with E-state index in [9.17, 15) is 8.42 Å². The van der Waals surface area contributed by atoms with Crippen LogP contribution in [-0.4, -0.2) is 45.5 Å². The Bertz CT molecular complexity index is 230. The van der Waals surface area contributed by atoms with Gasteiger partial charge in [-0.25, -0.2) is 3.89 Å². The summed E-state index contributed by atoms with van der Waals surface area (Å²) in [4.78, 5) is 0. The van der Waals surface area contributed by atoms with Gasteiger partial charge in [0, 0.05) is 13.1 Å². The van der Waals surface area contributed by atoms with E-state index in [1.807, 2.05) is 0 Å². The minimum atomic E-state index is -3.43. The lowest BCUT2D eigenvalue weighted by Gasteiger charge is -2.34. The Morgan fingerprint density at radius 3 is 2.09 bits per heavy atom. The molecule has 0 atom stereocenters. The van der Waals surface area contributed by atoms with Crippen LogP contribution in [-0.2, 0) is 10.2 Å². The van der Waals surface area contributed by atoms with E-state index in [2.05, 4.69) is 5.32 Å². The third-order valence-electron chi connectivity index (χ3n) is 2.14. The van der Waals surface area contributed by atoms with Crippen molar-refractivity contribution in [2.75, 3.05) is 33.2 Å². The highest BCUT2D eigenvalue weighted by molar-refractivity contribution is 7.83. The Hall–Kier alpha value is -0.170. The average molecular weight is 180 g/mol. The SMILES string of the molecule is C[N+]1(S(N)(=O)=O)CCNCC1. The minimum Gasteiger partial charge on any atom is -0.306 e. The topological polar surface area (TPSA) is 72.2 Å². The van der Waals surface area contributed by atoms with Crippen molar-refractivity contribution in [2.45, 2.75) is 0 Å². The fourth-order valence-electron chi connectivity index (χ4n) is 1.12. The quantitative estimate of drug-likeness (QED) is 0.470. The maximum Gasteiger partial charge on any atom is 0.367 e. The average Bonchev–Trinajstić information content (AvgIpc) is 1.87. The Morgan fingerprint density at radius 1 is 1.36 bits per heavy atom. The van der Waals surface area contributed by atoms with Gasteiger partial charge in [0.2, 0.25) is 0 Å². The van der Waals surface area contributed by atoms with E-state index in [0.717, 1.165) is 0 Å². The number of piperazine rings is 1. The fraction of sp³-hybridized carbons (Fsp3) is 1.00. The molecule has 1 rings (SSSR count). The third-order valence-corrected chi connectivity index (χ3v) is 3.73. The predicted octanol–water partition coefficient (Wildman–Crippen LogP) is -1.76. The van der Waals surface area contributed by atoms with E-state index < -0.39 is 10.2 Å². The molecule has 0 aromatic heterocycles. The van der Waals surface area contributed by atoms with Crippen LogP contribution in [0.1, 0.15) is 0 Å². The van der Waals surface area contributed by atoms with Crippen LogP contribution < -0.4 is 10.5 Å². The van der Waals surface area contributed by atoms with E-state index in [1.165, 1.54) is 0 Å². The number of likely N-dealkylation sites (N-methyl/N-ethyl adjacent to an activating group) is 1. The summed E-state index contributed by atoms with van der Waals surface area (Å²) in [5.74, 6) is 0. The maximum atomic E-state index is 11.0. The number of rotatable bonds is 1. The van der Waals surface area contributed by atoms with Gasteiger partial charge in [-0.05, 0) is 0 Å². The van der Waals surface area contributed by atoms with Gasteiger partial charge in [-0.15, -0.1) is 0 Å². The monoisotopic (exact) mass is 180 g/mol. The van der Waals surface area contributed by atoms with Crippen LogP contribution in [0.3, 0.4) is 0 Å². The highest BCUT2D eigenvalue weighted by Gasteiger charge is 2.35. The molecule has 1 heterocycles. The van der Waals surface area contributed by atoms with Crippen LogP contribution in [0.4, 0.5) is 0 Å². The largest absolute Gasteiger partial charge is 0.367 e. The number of hydrogen-bond donors (Lipinski definition) is 2. The first-order valence-electron chi connectivity index (χ1n) is 3.54. The molecule has 3 N–H and O–H groups in total. The molecular weight excluding hydrogens is 166 g/mol. The first kappa shape index (κ1) is 8.92. The summed E-state index contributed by atoms with van der Waals surface area (Å²) in [5.41, 5.74) is 0. The molecule has 0 amide bonds. The molecule has 0 bridgehead atoms. The number of nitrogens with two attached hydrogens (primary N) is 1. The van der Waals surface area contributed by atoms with Crippen LogP contribution in [0, 0.1) is 0 Å². The second kappa shape index (κ2) is 2.71. The molecule has 0 aliphatic carbocycles. The second-order valence-corrected chi connectivity index (χ2v) is 4.92. The zero-order valence-electron chi connectivity index (χ0n) is 6.58. The Labute approximate surface area is 66.9 Å². The number of nitrogens with zero attached hydrogens (tertiary/aromatic N) is 1. The van der Waals surface area contributed by atoms with Crippen LogP contribution >= 0.6 is 0 Å². The van der Waals surface area contributed by atoms with Crippen molar-refractivity contribution in [1.82, 2.24) is 5.32 Å². The molecule has 1 fully saturated rings. The molecule has 0 radical (unpaired) electrons. The highest BCUT2D eigenvalue weighted by atomic mass is 32.2. The van der Waals surface area contributed by atoms with Gasteiger partial charge in [0.25, 0.3) is 0 Å². The van der Waals surface area contributed by atoms with Crippen molar-refractivity contribution >= 4 is 10.2 Å². The van der Waals surface area contributed by atoms with Crippen LogP contribution in [0.5, 0.6) is 0 Å². The van der Waals surface area contributed by atoms with Crippen molar-refractivity contribution in [2.24, 2.45) is 5.14 Å². The summed E-state index contributed by atoms with van der Waals surface area (Å²) in [7, 11) is -1.78. The van der Waals surface area contributed by atoms with E-state index >= 15 is 0 Å². The summed E-state index contributed by atoms with van der Waals surface area (Å²) < 4.78 is 22.0. The maximum absolute atomic E-state index is 11.0. The molecule has 66 valence electrons. The summed E-state index contributed by atoms with van der Waals surface area (Å²) >= 11 is 0. The van der Waals surface area contributed by atoms with Gasteiger partial charge in [-0.2, -0.15) is 13.6 Å². The molecule has 0 unspecified atom stereocenters. The van der Waals surface area contributed by atoms with Gasteiger partial charge >= 0.3 is 10.2 Å². The summed E-state index contributed by atoms with van der Waals surface area (Å²) in [5, 5.41) is 8.14. The van der Waals surface area contributed by atoms with Gasteiger partial charge in [-0.3, -0.25) is 0 Å². The zero-order valence-corrected chi connectivity index (χ0v) is 7.39. The molecular formula is C5H14N3O2S+. The molecule has 1 aliphatic heterocycles. The van der Waals surface area contributed by atoms with Crippen LogP contribution in [0.15, 0.2) is 0 Å². The predicted molar refractivity (Wildman–Crippen MR) is 41.9 cm³/mol. The smallest absolute Gasteiger partial charge is 0.306 e.